The standard InChI is InChI=1S/C16H24N4O4S/c1-11(2)8-24-9-12(21)7-20-10-17-14-13(15(20)22)25-16(18-14)19-3-5-23-6-4-19/h10-12,21H,3-9H2,1-2H3/t12-/m1/s1. The number of fused-ring (bicyclic) bond motifs is 1. The highest BCUT2D eigenvalue weighted by atomic mass is 32.1. The number of ether oxygens (including phenoxy) is 2. The van der Waals surface area contributed by atoms with E-state index in [0.29, 0.717) is 36.1 Å². The molecule has 25 heavy (non-hydrogen) atoms. The van der Waals surface area contributed by atoms with Crippen molar-refractivity contribution in [2.45, 2.75) is 26.5 Å². The molecule has 3 heterocycles. The summed E-state index contributed by atoms with van der Waals surface area (Å²) in [7, 11) is 0. The van der Waals surface area contributed by atoms with E-state index in [0.717, 1.165) is 18.2 Å². The first-order chi connectivity index (χ1) is 12.0. The van der Waals surface area contributed by atoms with Gasteiger partial charge in [0.15, 0.2) is 10.8 Å². The maximum atomic E-state index is 12.6. The fourth-order valence-electron chi connectivity index (χ4n) is 2.57. The molecule has 1 atom stereocenters. The van der Waals surface area contributed by atoms with Crippen molar-refractivity contribution < 1.29 is 14.6 Å². The van der Waals surface area contributed by atoms with Crippen molar-refractivity contribution in [2.24, 2.45) is 5.92 Å². The highest BCUT2D eigenvalue weighted by Gasteiger charge is 2.18. The zero-order valence-electron chi connectivity index (χ0n) is 14.6. The minimum Gasteiger partial charge on any atom is -0.389 e. The van der Waals surface area contributed by atoms with Crippen molar-refractivity contribution >= 4 is 26.8 Å². The van der Waals surface area contributed by atoms with Gasteiger partial charge in [0.2, 0.25) is 0 Å². The second-order valence-electron chi connectivity index (χ2n) is 6.54. The molecule has 8 nitrogen and oxygen atoms in total. The smallest absolute Gasteiger partial charge is 0.273 e. The van der Waals surface area contributed by atoms with Gasteiger partial charge >= 0.3 is 0 Å². The Hall–Kier alpha value is -1.55. The van der Waals surface area contributed by atoms with Gasteiger partial charge in [-0.25, -0.2) is 4.98 Å². The summed E-state index contributed by atoms with van der Waals surface area (Å²) in [6, 6.07) is 0. The summed E-state index contributed by atoms with van der Waals surface area (Å²) in [5.41, 5.74) is 0.281. The van der Waals surface area contributed by atoms with Crippen LogP contribution < -0.4 is 10.5 Å². The summed E-state index contributed by atoms with van der Waals surface area (Å²) >= 11 is 1.34. The zero-order valence-corrected chi connectivity index (χ0v) is 15.4. The summed E-state index contributed by atoms with van der Waals surface area (Å²) in [5.74, 6) is 0.406. The first-order valence-electron chi connectivity index (χ1n) is 8.49. The van der Waals surface area contributed by atoms with Crippen LogP contribution in [-0.2, 0) is 16.0 Å². The fraction of sp³-hybridized carbons (Fsp3) is 0.688. The molecule has 0 unspecified atom stereocenters. The normalized spacial score (nSPS) is 16.7. The summed E-state index contributed by atoms with van der Waals surface area (Å²) in [6.07, 6.45) is 0.696. The Morgan fingerprint density at radius 1 is 1.36 bits per heavy atom. The lowest BCUT2D eigenvalue weighted by atomic mass is 10.2. The van der Waals surface area contributed by atoms with Crippen LogP contribution in [0.5, 0.6) is 0 Å². The monoisotopic (exact) mass is 368 g/mol. The Labute approximate surface area is 150 Å². The van der Waals surface area contributed by atoms with Gasteiger partial charge in [-0.1, -0.05) is 25.2 Å². The number of rotatable bonds is 7. The van der Waals surface area contributed by atoms with Gasteiger partial charge in [0, 0.05) is 19.7 Å². The Bertz CT molecular complexity index is 754. The molecule has 1 aliphatic rings. The van der Waals surface area contributed by atoms with Gasteiger partial charge in [-0.3, -0.25) is 9.36 Å². The molecule has 0 saturated carbocycles. The first kappa shape index (κ1) is 18.2. The van der Waals surface area contributed by atoms with E-state index in [1.165, 1.54) is 22.2 Å². The van der Waals surface area contributed by atoms with E-state index in [1.807, 2.05) is 13.8 Å². The fourth-order valence-corrected chi connectivity index (χ4v) is 3.60. The van der Waals surface area contributed by atoms with Crippen LogP contribution in [0.1, 0.15) is 13.8 Å². The summed E-state index contributed by atoms with van der Waals surface area (Å²) in [5, 5.41) is 10.9. The van der Waals surface area contributed by atoms with Crippen LogP contribution in [0.2, 0.25) is 0 Å². The molecule has 9 heteroatoms. The Balaban J connectivity index is 1.72. The van der Waals surface area contributed by atoms with E-state index in [1.54, 1.807) is 0 Å². The highest BCUT2D eigenvalue weighted by Crippen LogP contribution is 2.25. The van der Waals surface area contributed by atoms with Gasteiger partial charge in [-0.2, -0.15) is 4.98 Å². The molecule has 0 aliphatic carbocycles. The average molecular weight is 368 g/mol. The molecule has 0 amide bonds. The Morgan fingerprint density at radius 3 is 2.84 bits per heavy atom. The minimum atomic E-state index is -0.748. The van der Waals surface area contributed by atoms with E-state index in [4.69, 9.17) is 9.47 Å². The number of hydrogen-bond donors (Lipinski definition) is 1. The lowest BCUT2D eigenvalue weighted by molar-refractivity contribution is 0.0176. The van der Waals surface area contributed by atoms with Crippen LogP contribution in [0.25, 0.3) is 10.3 Å². The number of thiazole rings is 1. The number of hydrogen-bond acceptors (Lipinski definition) is 8. The lowest BCUT2D eigenvalue weighted by Crippen LogP contribution is -2.36. The predicted octanol–water partition coefficient (Wildman–Crippen LogP) is 0.723. The molecule has 3 rings (SSSR count). The molecule has 1 N–H and O–H groups in total. The Morgan fingerprint density at radius 2 is 2.12 bits per heavy atom. The summed E-state index contributed by atoms with van der Waals surface area (Å²) in [4.78, 5) is 23.5. The van der Waals surface area contributed by atoms with E-state index in [-0.39, 0.29) is 18.7 Å². The second-order valence-corrected chi connectivity index (χ2v) is 7.51. The molecule has 0 aromatic carbocycles. The van der Waals surface area contributed by atoms with Gasteiger partial charge in [-0.15, -0.1) is 0 Å². The number of aliphatic hydroxyl groups is 1. The van der Waals surface area contributed by atoms with Crippen LogP contribution >= 0.6 is 11.3 Å². The molecule has 0 spiro atoms. The second kappa shape index (κ2) is 8.22. The van der Waals surface area contributed by atoms with Gasteiger partial charge in [0.1, 0.15) is 11.0 Å². The van der Waals surface area contributed by atoms with E-state index < -0.39 is 6.10 Å². The quantitative estimate of drug-likeness (QED) is 0.770. The van der Waals surface area contributed by atoms with Crippen molar-refractivity contribution in [1.82, 2.24) is 14.5 Å². The topological polar surface area (TPSA) is 89.7 Å². The summed E-state index contributed by atoms with van der Waals surface area (Å²) < 4.78 is 12.7. The molecule has 1 fully saturated rings. The molecular weight excluding hydrogens is 344 g/mol. The van der Waals surface area contributed by atoms with Crippen LogP contribution in [0.15, 0.2) is 11.1 Å². The maximum absolute atomic E-state index is 12.6. The molecule has 138 valence electrons. The molecule has 2 aromatic rings. The maximum Gasteiger partial charge on any atom is 0.273 e. The number of nitrogens with zero attached hydrogens (tertiary/aromatic N) is 4. The van der Waals surface area contributed by atoms with Gasteiger partial charge in [0.05, 0.1) is 32.5 Å². The van der Waals surface area contributed by atoms with Crippen LogP contribution in [0.3, 0.4) is 0 Å². The van der Waals surface area contributed by atoms with Crippen LogP contribution in [-0.4, -0.2) is 65.3 Å². The highest BCUT2D eigenvalue weighted by molar-refractivity contribution is 7.22. The van der Waals surface area contributed by atoms with Crippen molar-refractivity contribution in [3.8, 4) is 0 Å². The minimum absolute atomic E-state index is 0.157. The van der Waals surface area contributed by atoms with E-state index >= 15 is 0 Å². The number of anilines is 1. The van der Waals surface area contributed by atoms with E-state index in [9.17, 15) is 9.90 Å². The largest absolute Gasteiger partial charge is 0.389 e. The van der Waals surface area contributed by atoms with Crippen molar-refractivity contribution in [1.29, 1.82) is 0 Å². The third-order valence-corrected chi connectivity index (χ3v) is 4.92. The first-order valence-corrected chi connectivity index (χ1v) is 9.30. The average Bonchev–Trinajstić information content (AvgIpc) is 3.03. The van der Waals surface area contributed by atoms with Crippen LogP contribution in [0, 0.1) is 5.92 Å². The number of aromatic nitrogens is 3. The predicted molar refractivity (Wildman–Crippen MR) is 96.4 cm³/mol. The number of morpholine rings is 1. The summed E-state index contributed by atoms with van der Waals surface area (Å²) in [6.45, 7) is 7.89. The number of aliphatic hydroxyl groups excluding tert-OH is 1. The third-order valence-electron chi connectivity index (χ3n) is 3.82. The van der Waals surface area contributed by atoms with E-state index in [2.05, 4.69) is 14.9 Å². The van der Waals surface area contributed by atoms with Gasteiger partial charge in [0.25, 0.3) is 5.56 Å². The van der Waals surface area contributed by atoms with Crippen molar-refractivity contribution in [2.75, 3.05) is 44.4 Å². The van der Waals surface area contributed by atoms with Crippen molar-refractivity contribution in [3.63, 3.8) is 0 Å². The molecule has 1 aliphatic heterocycles. The molecule has 0 radical (unpaired) electrons. The molecular formula is C16H24N4O4S. The molecule has 0 bridgehead atoms. The molecule has 1 saturated heterocycles. The van der Waals surface area contributed by atoms with Gasteiger partial charge in [-0.05, 0) is 5.92 Å². The van der Waals surface area contributed by atoms with Gasteiger partial charge < -0.3 is 19.5 Å². The van der Waals surface area contributed by atoms with Crippen LogP contribution in [0.4, 0.5) is 5.13 Å². The lowest BCUT2D eigenvalue weighted by Gasteiger charge is -2.25. The Kier molecular flexibility index (Phi) is 6.00. The molecule has 2 aromatic heterocycles. The van der Waals surface area contributed by atoms with Crippen molar-refractivity contribution in [3.05, 3.63) is 16.7 Å². The SMILES string of the molecule is CC(C)COC[C@H](O)Cn1cnc2nc(N3CCOCC3)sc2c1=O. The zero-order chi connectivity index (χ0) is 17.8. The third kappa shape index (κ3) is 4.55.